The number of fused-ring (bicyclic) bond motifs is 1. The molecule has 0 fully saturated rings. The van der Waals surface area contributed by atoms with Crippen LogP contribution in [0.15, 0.2) is 79.0 Å². The number of aryl methyl sites for hydroxylation is 1. The summed E-state index contributed by atoms with van der Waals surface area (Å²) in [4.78, 5) is 18.1. The van der Waals surface area contributed by atoms with E-state index in [0.717, 1.165) is 5.56 Å². The molecule has 0 unspecified atom stereocenters. The molecular formula is C29H22Cl2N2O4. The Bertz CT molecular complexity index is 1610. The summed E-state index contributed by atoms with van der Waals surface area (Å²) in [5.74, 6) is 0.0187. The monoisotopic (exact) mass is 532 g/mol. The van der Waals surface area contributed by atoms with Crippen molar-refractivity contribution in [2.24, 2.45) is 0 Å². The third-order valence-electron chi connectivity index (χ3n) is 6.08. The van der Waals surface area contributed by atoms with Gasteiger partial charge in [-0.05, 0) is 48.9 Å². The van der Waals surface area contributed by atoms with Gasteiger partial charge < -0.3 is 14.6 Å². The van der Waals surface area contributed by atoms with Crippen molar-refractivity contribution in [3.05, 3.63) is 106 Å². The highest BCUT2D eigenvalue weighted by molar-refractivity contribution is 6.37. The Hall–Kier alpha value is -4.00. The number of methoxy groups -OCH3 is 1. The lowest BCUT2D eigenvalue weighted by atomic mass is 9.95. The van der Waals surface area contributed by atoms with E-state index >= 15 is 0 Å². The molecule has 0 amide bonds. The summed E-state index contributed by atoms with van der Waals surface area (Å²) in [7, 11) is 1.59. The molecule has 186 valence electrons. The molecule has 37 heavy (non-hydrogen) atoms. The third kappa shape index (κ3) is 4.73. The predicted molar refractivity (Wildman–Crippen MR) is 145 cm³/mol. The quantitative estimate of drug-likeness (QED) is 0.231. The number of rotatable bonds is 6. The van der Waals surface area contributed by atoms with Crippen molar-refractivity contribution in [2.45, 2.75) is 13.5 Å². The topological polar surface area (TPSA) is 73.6 Å². The molecule has 0 saturated heterocycles. The van der Waals surface area contributed by atoms with Gasteiger partial charge in [0, 0.05) is 33.1 Å². The van der Waals surface area contributed by atoms with Crippen LogP contribution in [-0.4, -0.2) is 27.7 Å². The highest BCUT2D eigenvalue weighted by Crippen LogP contribution is 2.43. The van der Waals surface area contributed by atoms with Gasteiger partial charge in [0.05, 0.1) is 29.3 Å². The number of nitrogens with zero attached hydrogens (tertiary/aromatic N) is 2. The van der Waals surface area contributed by atoms with Crippen LogP contribution in [0.3, 0.4) is 0 Å². The zero-order chi connectivity index (χ0) is 26.1. The molecule has 1 N–H and O–H groups in total. The molecule has 2 heterocycles. The zero-order valence-corrected chi connectivity index (χ0v) is 21.5. The number of carbonyl (C=O) groups is 1. The molecule has 5 rings (SSSR count). The van der Waals surface area contributed by atoms with Crippen molar-refractivity contribution in [3.63, 3.8) is 0 Å². The fourth-order valence-corrected chi connectivity index (χ4v) is 4.80. The van der Waals surface area contributed by atoms with Crippen molar-refractivity contribution in [1.82, 2.24) is 9.55 Å². The summed E-state index contributed by atoms with van der Waals surface area (Å²) in [6, 6.07) is 21.6. The number of halogens is 2. The minimum absolute atomic E-state index is 0.0871. The standard InChI is InChI=1S/C29H22Cl2N2O4/c1-17-25(29(35)37-16-18-6-4-3-5-7-18)26(22-13-8-19(30)14-23(22)31)27-24(32-17)15-33(28(27)34)20-9-11-21(36-2)12-10-20/h3-15,34H,16H2,1-2H3. The maximum atomic E-state index is 13.5. The van der Waals surface area contributed by atoms with E-state index in [-0.39, 0.29) is 18.1 Å². The van der Waals surface area contributed by atoms with Crippen molar-refractivity contribution in [1.29, 1.82) is 0 Å². The Labute approximate surface area is 223 Å². The predicted octanol–water partition coefficient (Wildman–Crippen LogP) is 7.38. The molecule has 5 aromatic rings. The summed E-state index contributed by atoms with van der Waals surface area (Å²) >= 11 is 12.8. The number of hydrogen-bond donors (Lipinski definition) is 1. The Morgan fingerprint density at radius 1 is 1.03 bits per heavy atom. The third-order valence-corrected chi connectivity index (χ3v) is 6.63. The van der Waals surface area contributed by atoms with E-state index in [4.69, 9.17) is 32.7 Å². The minimum Gasteiger partial charge on any atom is -0.497 e. The van der Waals surface area contributed by atoms with Gasteiger partial charge in [-0.3, -0.25) is 9.55 Å². The van der Waals surface area contributed by atoms with Crippen LogP contribution in [0.5, 0.6) is 11.6 Å². The van der Waals surface area contributed by atoms with Gasteiger partial charge in [-0.2, -0.15) is 0 Å². The van der Waals surface area contributed by atoms with Crippen LogP contribution < -0.4 is 4.74 Å². The first-order chi connectivity index (χ1) is 17.9. The number of ether oxygens (including phenoxy) is 2. The number of aromatic hydroxyl groups is 1. The lowest BCUT2D eigenvalue weighted by Crippen LogP contribution is -2.11. The first kappa shape index (κ1) is 24.7. The smallest absolute Gasteiger partial charge is 0.340 e. The van der Waals surface area contributed by atoms with E-state index in [1.807, 2.05) is 42.5 Å². The van der Waals surface area contributed by atoms with Crippen LogP contribution in [0.2, 0.25) is 10.0 Å². The zero-order valence-electron chi connectivity index (χ0n) is 20.0. The van der Waals surface area contributed by atoms with Crippen molar-refractivity contribution >= 4 is 40.1 Å². The lowest BCUT2D eigenvalue weighted by Gasteiger charge is -2.15. The number of carbonyl (C=O) groups excluding carboxylic acids is 1. The van der Waals surface area contributed by atoms with Gasteiger partial charge >= 0.3 is 5.97 Å². The fourth-order valence-electron chi connectivity index (χ4n) is 4.30. The van der Waals surface area contributed by atoms with E-state index < -0.39 is 5.97 Å². The Morgan fingerprint density at radius 3 is 2.43 bits per heavy atom. The highest BCUT2D eigenvalue weighted by Gasteiger charge is 2.27. The van der Waals surface area contributed by atoms with Crippen LogP contribution in [0.25, 0.3) is 27.7 Å². The molecule has 0 radical (unpaired) electrons. The van der Waals surface area contributed by atoms with Gasteiger partial charge in [0.15, 0.2) is 0 Å². The summed E-state index contributed by atoms with van der Waals surface area (Å²) < 4.78 is 12.5. The van der Waals surface area contributed by atoms with Gasteiger partial charge in [-0.15, -0.1) is 0 Å². The highest BCUT2D eigenvalue weighted by atomic mass is 35.5. The summed E-state index contributed by atoms with van der Waals surface area (Å²) in [6.07, 6.45) is 1.71. The molecule has 6 nitrogen and oxygen atoms in total. The average molecular weight is 533 g/mol. The van der Waals surface area contributed by atoms with Crippen molar-refractivity contribution in [3.8, 4) is 28.4 Å². The van der Waals surface area contributed by atoms with Crippen LogP contribution >= 0.6 is 23.2 Å². The second kappa shape index (κ2) is 10.2. The molecule has 3 aromatic carbocycles. The number of pyridine rings is 1. The molecule has 0 aliphatic carbocycles. The molecule has 0 bridgehead atoms. The van der Waals surface area contributed by atoms with Crippen LogP contribution in [-0.2, 0) is 11.3 Å². The van der Waals surface area contributed by atoms with E-state index in [1.54, 1.807) is 55.1 Å². The van der Waals surface area contributed by atoms with E-state index in [1.165, 1.54) is 0 Å². The number of hydrogen-bond acceptors (Lipinski definition) is 5. The van der Waals surface area contributed by atoms with Crippen LogP contribution in [0, 0.1) is 6.92 Å². The first-order valence-corrected chi connectivity index (χ1v) is 12.2. The number of benzene rings is 3. The van der Waals surface area contributed by atoms with Crippen molar-refractivity contribution < 1.29 is 19.4 Å². The molecule has 8 heteroatoms. The van der Waals surface area contributed by atoms with Crippen LogP contribution in [0.1, 0.15) is 21.6 Å². The number of esters is 1. The largest absolute Gasteiger partial charge is 0.497 e. The molecule has 0 atom stereocenters. The maximum absolute atomic E-state index is 13.5. The first-order valence-electron chi connectivity index (χ1n) is 11.4. The van der Waals surface area contributed by atoms with Gasteiger partial charge in [-0.25, -0.2) is 4.79 Å². The van der Waals surface area contributed by atoms with E-state index in [2.05, 4.69) is 4.98 Å². The molecule has 0 aliphatic rings. The average Bonchev–Trinajstić information content (AvgIpc) is 3.23. The van der Waals surface area contributed by atoms with Crippen molar-refractivity contribution in [2.75, 3.05) is 7.11 Å². The molecule has 2 aromatic heterocycles. The summed E-state index contributed by atoms with van der Waals surface area (Å²) in [5, 5.41) is 12.6. The SMILES string of the molecule is COc1ccc(-n2cc3nc(C)c(C(=O)OCc4ccccc4)c(-c4ccc(Cl)cc4Cl)c3c2O)cc1. The molecule has 0 spiro atoms. The molecular weight excluding hydrogens is 511 g/mol. The second-order valence-corrected chi connectivity index (χ2v) is 9.26. The number of aromatic nitrogens is 2. The van der Waals surface area contributed by atoms with E-state index in [9.17, 15) is 9.90 Å². The lowest BCUT2D eigenvalue weighted by molar-refractivity contribution is 0.0472. The van der Waals surface area contributed by atoms with Crippen LogP contribution in [0.4, 0.5) is 0 Å². The van der Waals surface area contributed by atoms with Gasteiger partial charge in [-0.1, -0.05) is 59.6 Å². The van der Waals surface area contributed by atoms with Gasteiger partial charge in [0.1, 0.15) is 12.4 Å². The van der Waals surface area contributed by atoms with Gasteiger partial charge in [0.25, 0.3) is 0 Å². The summed E-state index contributed by atoms with van der Waals surface area (Å²) in [5.41, 5.74) is 3.64. The Balaban J connectivity index is 1.71. The molecule has 0 saturated carbocycles. The summed E-state index contributed by atoms with van der Waals surface area (Å²) in [6.45, 7) is 1.82. The minimum atomic E-state index is -0.576. The normalized spacial score (nSPS) is 11.0. The second-order valence-electron chi connectivity index (χ2n) is 8.41. The molecule has 0 aliphatic heterocycles. The van der Waals surface area contributed by atoms with Gasteiger partial charge in [0.2, 0.25) is 5.88 Å². The Morgan fingerprint density at radius 2 is 1.76 bits per heavy atom. The van der Waals surface area contributed by atoms with E-state index in [0.29, 0.717) is 49.2 Å². The Kier molecular flexibility index (Phi) is 6.78. The fraction of sp³-hybridized carbons (Fsp3) is 0.103. The maximum Gasteiger partial charge on any atom is 0.340 e.